The summed E-state index contributed by atoms with van der Waals surface area (Å²) in [5, 5.41) is 12.8. The van der Waals surface area contributed by atoms with E-state index < -0.39 is 16.0 Å². The van der Waals surface area contributed by atoms with Gasteiger partial charge >= 0.3 is 5.97 Å². The highest BCUT2D eigenvalue weighted by molar-refractivity contribution is 9.10. The van der Waals surface area contributed by atoms with Crippen LogP contribution in [0, 0.1) is 0 Å². The molecule has 0 saturated carbocycles. The molecule has 0 aliphatic carbocycles. The molecule has 1 aromatic carbocycles. The van der Waals surface area contributed by atoms with E-state index in [1.54, 1.807) is 7.05 Å². The number of hydrogen-bond donors (Lipinski definition) is 2. The largest absolute Gasteiger partial charge is 0.478 e. The van der Waals surface area contributed by atoms with Crippen molar-refractivity contribution < 1.29 is 18.3 Å². The molecule has 0 unspecified atom stereocenters. The van der Waals surface area contributed by atoms with Crippen molar-refractivity contribution in [3.63, 3.8) is 0 Å². The first-order chi connectivity index (χ1) is 9.29. The maximum atomic E-state index is 12.1. The topological polar surface area (TPSA) is 101 Å². The summed E-state index contributed by atoms with van der Waals surface area (Å²) in [5.74, 6) is -1.21. The summed E-state index contributed by atoms with van der Waals surface area (Å²) in [6.07, 6.45) is 2.85. The van der Waals surface area contributed by atoms with E-state index in [1.165, 1.54) is 29.2 Å². The molecule has 106 valence electrons. The standard InChI is InChI=1S/C11H10BrN3O4S/c1-15-6-7(5-13-15)14-20(18,19)8-2-3-10(12)9(4-8)11(16)17/h2-6,14H,1H3,(H,16,17). The molecule has 0 aliphatic heterocycles. The SMILES string of the molecule is Cn1cc(NS(=O)(=O)c2ccc(Br)c(C(=O)O)c2)cn1. The van der Waals surface area contributed by atoms with Crippen LogP contribution >= 0.6 is 15.9 Å². The number of hydrogen-bond acceptors (Lipinski definition) is 4. The van der Waals surface area contributed by atoms with E-state index in [9.17, 15) is 13.2 Å². The Morgan fingerprint density at radius 1 is 1.45 bits per heavy atom. The lowest BCUT2D eigenvalue weighted by Crippen LogP contribution is -2.13. The number of halogens is 1. The summed E-state index contributed by atoms with van der Waals surface area (Å²) in [4.78, 5) is 10.9. The van der Waals surface area contributed by atoms with Crippen LogP contribution in [0.5, 0.6) is 0 Å². The second-order valence-corrected chi connectivity index (χ2v) is 6.49. The number of nitrogens with one attached hydrogen (secondary N) is 1. The van der Waals surface area contributed by atoms with Crippen molar-refractivity contribution in [2.45, 2.75) is 4.90 Å². The zero-order chi connectivity index (χ0) is 14.9. The fourth-order valence-electron chi connectivity index (χ4n) is 1.52. The van der Waals surface area contributed by atoms with Crippen molar-refractivity contribution >= 4 is 37.6 Å². The summed E-state index contributed by atoms with van der Waals surface area (Å²) < 4.78 is 28.4. The van der Waals surface area contributed by atoms with E-state index in [2.05, 4.69) is 25.8 Å². The molecule has 0 radical (unpaired) electrons. The van der Waals surface area contributed by atoms with E-state index >= 15 is 0 Å². The third-order valence-corrected chi connectivity index (χ3v) is 4.51. The molecule has 0 amide bonds. The van der Waals surface area contributed by atoms with Crippen LogP contribution in [0.3, 0.4) is 0 Å². The number of aromatic nitrogens is 2. The van der Waals surface area contributed by atoms with Crippen molar-refractivity contribution in [1.29, 1.82) is 0 Å². The third kappa shape index (κ3) is 2.99. The van der Waals surface area contributed by atoms with Gasteiger partial charge in [-0.25, -0.2) is 13.2 Å². The highest BCUT2D eigenvalue weighted by Crippen LogP contribution is 2.22. The Kier molecular flexibility index (Phi) is 3.82. The van der Waals surface area contributed by atoms with Gasteiger partial charge in [0.05, 0.1) is 22.3 Å². The van der Waals surface area contributed by atoms with E-state index in [0.717, 1.165) is 6.07 Å². The van der Waals surface area contributed by atoms with E-state index in [1.807, 2.05) is 0 Å². The predicted octanol–water partition coefficient (Wildman–Crippen LogP) is 1.68. The highest BCUT2D eigenvalue weighted by atomic mass is 79.9. The zero-order valence-corrected chi connectivity index (χ0v) is 12.6. The lowest BCUT2D eigenvalue weighted by molar-refractivity contribution is 0.0695. The number of sulfonamides is 1. The van der Waals surface area contributed by atoms with Crippen molar-refractivity contribution in [3.05, 3.63) is 40.6 Å². The molecule has 20 heavy (non-hydrogen) atoms. The molecule has 9 heteroatoms. The molecule has 2 aromatic rings. The Hall–Kier alpha value is -1.87. The van der Waals surface area contributed by atoms with E-state index in [-0.39, 0.29) is 10.5 Å². The molecule has 0 bridgehead atoms. The second-order valence-electron chi connectivity index (χ2n) is 3.95. The molecule has 1 aromatic heterocycles. The van der Waals surface area contributed by atoms with Gasteiger partial charge in [-0.1, -0.05) is 0 Å². The zero-order valence-electron chi connectivity index (χ0n) is 10.2. The first kappa shape index (κ1) is 14.5. The maximum absolute atomic E-state index is 12.1. The minimum atomic E-state index is -3.86. The lowest BCUT2D eigenvalue weighted by Gasteiger charge is -2.07. The van der Waals surface area contributed by atoms with E-state index in [0.29, 0.717) is 10.2 Å². The molecule has 0 fully saturated rings. The smallest absolute Gasteiger partial charge is 0.336 e. The Morgan fingerprint density at radius 3 is 2.70 bits per heavy atom. The summed E-state index contributed by atoms with van der Waals surface area (Å²) in [6, 6.07) is 3.78. The van der Waals surface area contributed by atoms with Crippen LogP contribution < -0.4 is 4.72 Å². The maximum Gasteiger partial charge on any atom is 0.336 e. The minimum Gasteiger partial charge on any atom is -0.478 e. The van der Waals surface area contributed by atoms with Gasteiger partial charge in [0.2, 0.25) is 0 Å². The van der Waals surface area contributed by atoms with Crippen molar-refractivity contribution in [2.24, 2.45) is 7.05 Å². The number of carboxylic acid groups (broad SMARTS) is 1. The third-order valence-electron chi connectivity index (χ3n) is 2.44. The Labute approximate surface area is 123 Å². The second kappa shape index (κ2) is 5.25. The van der Waals surface area contributed by atoms with Crippen molar-refractivity contribution in [1.82, 2.24) is 9.78 Å². The van der Waals surface area contributed by atoms with Gasteiger partial charge in [-0.2, -0.15) is 5.10 Å². The summed E-state index contributed by atoms with van der Waals surface area (Å²) in [6.45, 7) is 0. The van der Waals surface area contributed by atoms with Gasteiger partial charge in [0.25, 0.3) is 10.0 Å². The number of rotatable bonds is 4. The molecule has 7 nitrogen and oxygen atoms in total. The number of anilines is 1. The van der Waals surface area contributed by atoms with Gasteiger partial charge in [0.15, 0.2) is 0 Å². The summed E-state index contributed by atoms with van der Waals surface area (Å²) in [7, 11) is -2.21. The van der Waals surface area contributed by atoms with Crippen LogP contribution in [0.15, 0.2) is 40.0 Å². The van der Waals surface area contributed by atoms with Gasteiger partial charge < -0.3 is 5.11 Å². The molecule has 2 rings (SSSR count). The molecule has 2 N–H and O–H groups in total. The first-order valence-corrected chi connectivity index (χ1v) is 7.61. The van der Waals surface area contributed by atoms with Crippen LogP contribution in [0.25, 0.3) is 0 Å². The monoisotopic (exact) mass is 359 g/mol. The number of carbonyl (C=O) groups is 1. The summed E-state index contributed by atoms with van der Waals surface area (Å²) in [5.41, 5.74) is 0.173. The molecular weight excluding hydrogens is 350 g/mol. The van der Waals surface area contributed by atoms with Crippen molar-refractivity contribution in [3.8, 4) is 0 Å². The average Bonchev–Trinajstić information content (AvgIpc) is 2.73. The molecule has 0 spiro atoms. The molecule has 1 heterocycles. The average molecular weight is 360 g/mol. The van der Waals surface area contributed by atoms with Crippen LogP contribution in [0.4, 0.5) is 5.69 Å². The molecule has 0 aliphatic rings. The van der Waals surface area contributed by atoms with Gasteiger partial charge in [0, 0.05) is 17.7 Å². The normalized spacial score (nSPS) is 11.3. The molecule has 0 saturated heterocycles. The number of carboxylic acids is 1. The Balaban J connectivity index is 2.39. The summed E-state index contributed by atoms with van der Waals surface area (Å²) >= 11 is 3.06. The number of benzene rings is 1. The number of nitrogens with zero attached hydrogens (tertiary/aromatic N) is 2. The number of aromatic carboxylic acids is 1. The quantitative estimate of drug-likeness (QED) is 0.864. The van der Waals surface area contributed by atoms with Crippen LogP contribution in [0.2, 0.25) is 0 Å². The number of aryl methyl sites for hydroxylation is 1. The van der Waals surface area contributed by atoms with E-state index in [4.69, 9.17) is 5.11 Å². The van der Waals surface area contributed by atoms with Crippen molar-refractivity contribution in [2.75, 3.05) is 4.72 Å². The fourth-order valence-corrected chi connectivity index (χ4v) is 2.99. The van der Waals surface area contributed by atoms with Gasteiger partial charge in [-0.3, -0.25) is 9.40 Å². The molecule has 0 atom stereocenters. The first-order valence-electron chi connectivity index (χ1n) is 5.34. The highest BCUT2D eigenvalue weighted by Gasteiger charge is 2.18. The Bertz CT molecular complexity index is 770. The lowest BCUT2D eigenvalue weighted by atomic mass is 10.2. The fraction of sp³-hybridized carbons (Fsp3) is 0.0909. The van der Waals surface area contributed by atoms with Gasteiger partial charge in [-0.05, 0) is 34.1 Å². The van der Waals surface area contributed by atoms with Crippen LogP contribution in [0.1, 0.15) is 10.4 Å². The Morgan fingerprint density at radius 2 is 2.15 bits per heavy atom. The van der Waals surface area contributed by atoms with Crippen LogP contribution in [-0.2, 0) is 17.1 Å². The predicted molar refractivity (Wildman–Crippen MR) is 75.1 cm³/mol. The van der Waals surface area contributed by atoms with Gasteiger partial charge in [-0.15, -0.1) is 0 Å². The van der Waals surface area contributed by atoms with Gasteiger partial charge in [0.1, 0.15) is 0 Å². The molecular formula is C11H10BrN3O4S. The van der Waals surface area contributed by atoms with Crippen LogP contribution in [-0.4, -0.2) is 29.3 Å². The minimum absolute atomic E-state index is 0.126.